The fraction of sp³-hybridized carbons (Fsp3) is 0.636. The molecule has 0 bridgehead atoms. The summed E-state index contributed by atoms with van der Waals surface area (Å²) in [6, 6.07) is 2.25. The molecule has 60 heavy (non-hydrogen) atoms. The van der Waals surface area contributed by atoms with Crippen molar-refractivity contribution in [2.75, 3.05) is 50.9 Å². The Hall–Kier alpha value is -4.12. The molecule has 1 aromatic carbocycles. The minimum atomic E-state index is -1.96. The number of fused-ring (bicyclic) bond motifs is 3. The first-order valence-corrected chi connectivity index (χ1v) is 25.0. The van der Waals surface area contributed by atoms with Crippen LogP contribution in [0.15, 0.2) is 24.7 Å². The standard InChI is InChI=1S/C44H60F2N10O3Si/c1-28-20-35-32(23-49-56(35)36-14-7-8-18-57-36)37(31(28)13-10-19-59-60(5,6)43(2,3)4)40-38(46)39-33(22-47-40)41(54-16-9-12-29(25-54)34-24-48-53-52-34)51-42(50-39)58-27-44-15-11-17-55(44)26-30(45)21-44/h20,22-24,29-30,36H,7-19,21,25-27H2,1-6H3,(H,48,52,53)/t29?,30-,36?,44+/m1/s1. The third-order valence-corrected chi connectivity index (χ3v) is 18.7. The SMILES string of the molecule is Cc1cc2c(cnn2C2CCCCO2)c(-c2ncc3c(N4CCCC(c5cn[nH]n5)C4)nc(OC[C@@]45CCCN4C[C@H](F)C5)nc3c2F)c1CCCO[Si](C)(C)C(C)(C)C. The summed E-state index contributed by atoms with van der Waals surface area (Å²) in [7, 11) is -1.96. The second-order valence-corrected chi connectivity index (χ2v) is 24.0. The molecule has 16 heteroatoms. The van der Waals surface area contributed by atoms with Gasteiger partial charge in [-0.3, -0.25) is 9.88 Å². The lowest BCUT2D eigenvalue weighted by atomic mass is 9.91. The molecule has 322 valence electrons. The first-order valence-electron chi connectivity index (χ1n) is 22.1. The van der Waals surface area contributed by atoms with Gasteiger partial charge in [-0.15, -0.1) is 0 Å². The maximum absolute atomic E-state index is 17.9. The molecule has 4 fully saturated rings. The summed E-state index contributed by atoms with van der Waals surface area (Å²) >= 11 is 0. The first-order chi connectivity index (χ1) is 28.8. The number of nitrogens with one attached hydrogen (secondary N) is 1. The van der Waals surface area contributed by atoms with Gasteiger partial charge in [0.25, 0.3) is 0 Å². The number of nitrogens with zero attached hydrogens (tertiary/aromatic N) is 9. The topological polar surface area (TPSA) is 132 Å². The van der Waals surface area contributed by atoms with Gasteiger partial charge >= 0.3 is 6.01 Å². The normalized spacial score (nSPS) is 24.2. The van der Waals surface area contributed by atoms with Gasteiger partial charge in [0.1, 0.15) is 29.8 Å². The molecule has 4 aliphatic heterocycles. The predicted molar refractivity (Wildman–Crippen MR) is 230 cm³/mol. The van der Waals surface area contributed by atoms with Gasteiger partial charge in [0.2, 0.25) is 0 Å². The Balaban J connectivity index is 1.15. The minimum Gasteiger partial charge on any atom is -0.461 e. The lowest BCUT2D eigenvalue weighted by Crippen LogP contribution is -2.43. The number of benzene rings is 1. The summed E-state index contributed by atoms with van der Waals surface area (Å²) in [5, 5.41) is 17.5. The lowest BCUT2D eigenvalue weighted by molar-refractivity contribution is -0.0366. The molecule has 0 amide bonds. The van der Waals surface area contributed by atoms with Crippen LogP contribution in [0, 0.1) is 12.7 Å². The van der Waals surface area contributed by atoms with E-state index >= 15 is 4.39 Å². The molecule has 13 nitrogen and oxygen atoms in total. The van der Waals surface area contributed by atoms with Crippen molar-refractivity contribution in [1.82, 2.24) is 45.0 Å². The average molecular weight is 843 g/mol. The molecule has 8 heterocycles. The van der Waals surface area contributed by atoms with Crippen LogP contribution < -0.4 is 9.64 Å². The van der Waals surface area contributed by atoms with E-state index in [-0.39, 0.29) is 41.0 Å². The number of aromatic amines is 1. The zero-order valence-corrected chi connectivity index (χ0v) is 37.1. The quantitative estimate of drug-likeness (QED) is 0.0957. The number of ether oxygens (including phenoxy) is 2. The number of aromatic nitrogens is 8. The van der Waals surface area contributed by atoms with E-state index in [1.54, 1.807) is 12.4 Å². The Morgan fingerprint density at radius 1 is 1.03 bits per heavy atom. The third-order valence-electron chi connectivity index (χ3n) is 14.2. The Morgan fingerprint density at radius 3 is 2.68 bits per heavy atom. The summed E-state index contributed by atoms with van der Waals surface area (Å²) in [5.74, 6) is 0.142. The van der Waals surface area contributed by atoms with Gasteiger partial charge < -0.3 is 18.8 Å². The highest BCUT2D eigenvalue weighted by Crippen LogP contribution is 2.43. The van der Waals surface area contributed by atoms with Crippen molar-refractivity contribution in [2.24, 2.45) is 0 Å². The summed E-state index contributed by atoms with van der Waals surface area (Å²) in [6.07, 6.45) is 12.7. The monoisotopic (exact) mass is 842 g/mol. The largest absolute Gasteiger partial charge is 0.461 e. The molecule has 0 aliphatic carbocycles. The second kappa shape index (κ2) is 16.3. The average Bonchev–Trinajstić information content (AvgIpc) is 4.04. The number of pyridine rings is 1. The van der Waals surface area contributed by atoms with E-state index in [1.165, 1.54) is 0 Å². The Kier molecular flexibility index (Phi) is 11.2. The van der Waals surface area contributed by atoms with E-state index < -0.39 is 25.8 Å². The van der Waals surface area contributed by atoms with Gasteiger partial charge in [0, 0.05) is 62.3 Å². The Bertz CT molecular complexity index is 2330. The number of hydrogen-bond donors (Lipinski definition) is 1. The van der Waals surface area contributed by atoms with Gasteiger partial charge in [0.15, 0.2) is 20.4 Å². The molecule has 4 aliphatic rings. The van der Waals surface area contributed by atoms with Gasteiger partial charge in [-0.05, 0) is 107 Å². The van der Waals surface area contributed by atoms with E-state index in [0.717, 1.165) is 85.6 Å². The molecule has 4 atom stereocenters. The highest BCUT2D eigenvalue weighted by molar-refractivity contribution is 6.74. The number of piperidine rings is 1. The van der Waals surface area contributed by atoms with Crippen molar-refractivity contribution in [3.05, 3.63) is 47.3 Å². The van der Waals surface area contributed by atoms with Crippen LogP contribution in [0.3, 0.4) is 0 Å². The van der Waals surface area contributed by atoms with Gasteiger partial charge in [-0.25, -0.2) is 13.5 Å². The second-order valence-electron chi connectivity index (χ2n) is 19.2. The minimum absolute atomic E-state index is 0.0836. The third kappa shape index (κ3) is 7.70. The fourth-order valence-electron chi connectivity index (χ4n) is 9.86. The molecule has 4 aromatic heterocycles. The molecule has 0 radical (unpaired) electrons. The number of halogens is 2. The van der Waals surface area contributed by atoms with Crippen molar-refractivity contribution in [3.8, 4) is 17.3 Å². The van der Waals surface area contributed by atoms with Crippen LogP contribution in [0.1, 0.15) is 108 Å². The molecular weight excluding hydrogens is 783 g/mol. The molecule has 2 unspecified atom stereocenters. The van der Waals surface area contributed by atoms with Crippen LogP contribution in [-0.2, 0) is 15.6 Å². The van der Waals surface area contributed by atoms with Crippen LogP contribution in [0.4, 0.5) is 14.6 Å². The summed E-state index contributed by atoms with van der Waals surface area (Å²) < 4.78 is 53.9. The fourth-order valence-corrected chi connectivity index (χ4v) is 10.9. The van der Waals surface area contributed by atoms with Crippen molar-refractivity contribution in [2.45, 2.75) is 134 Å². The Labute approximate surface area is 352 Å². The Morgan fingerprint density at radius 2 is 1.90 bits per heavy atom. The lowest BCUT2D eigenvalue weighted by Gasteiger charge is -2.36. The molecule has 0 saturated carbocycles. The van der Waals surface area contributed by atoms with E-state index in [9.17, 15) is 4.39 Å². The number of rotatable bonds is 12. The van der Waals surface area contributed by atoms with E-state index in [1.807, 2.05) is 10.9 Å². The highest BCUT2D eigenvalue weighted by atomic mass is 28.4. The maximum atomic E-state index is 17.9. The highest BCUT2D eigenvalue weighted by Gasteiger charge is 2.49. The van der Waals surface area contributed by atoms with Crippen molar-refractivity contribution in [1.29, 1.82) is 0 Å². The van der Waals surface area contributed by atoms with Gasteiger partial charge in [-0.1, -0.05) is 20.8 Å². The van der Waals surface area contributed by atoms with E-state index in [2.05, 4.69) is 72.1 Å². The molecule has 5 aromatic rings. The van der Waals surface area contributed by atoms with E-state index in [0.29, 0.717) is 62.5 Å². The number of hydrogen-bond acceptors (Lipinski definition) is 11. The molecule has 0 spiro atoms. The van der Waals surface area contributed by atoms with Gasteiger partial charge in [-0.2, -0.15) is 30.5 Å². The van der Waals surface area contributed by atoms with Crippen molar-refractivity contribution in [3.63, 3.8) is 0 Å². The van der Waals surface area contributed by atoms with Crippen LogP contribution in [-0.4, -0.2) is 111 Å². The molecule has 1 N–H and O–H groups in total. The van der Waals surface area contributed by atoms with Crippen molar-refractivity contribution >= 4 is 35.9 Å². The number of H-pyrrole nitrogens is 1. The molecular formula is C44H60F2N10O3Si. The number of alkyl halides is 1. The summed E-state index contributed by atoms with van der Waals surface area (Å²) in [5.41, 5.74) is 4.47. The summed E-state index contributed by atoms with van der Waals surface area (Å²) in [4.78, 5) is 19.2. The zero-order chi connectivity index (χ0) is 41.8. The van der Waals surface area contributed by atoms with Crippen LogP contribution in [0.5, 0.6) is 6.01 Å². The van der Waals surface area contributed by atoms with Crippen molar-refractivity contribution < 1.29 is 22.7 Å². The first kappa shape index (κ1) is 41.2. The van der Waals surface area contributed by atoms with Crippen LogP contribution in [0.2, 0.25) is 18.1 Å². The number of aryl methyl sites for hydroxylation is 1. The van der Waals surface area contributed by atoms with Crippen LogP contribution >= 0.6 is 0 Å². The zero-order valence-electron chi connectivity index (χ0n) is 36.1. The smallest absolute Gasteiger partial charge is 0.319 e. The predicted octanol–water partition coefficient (Wildman–Crippen LogP) is 8.60. The maximum Gasteiger partial charge on any atom is 0.319 e. The molecule has 4 saturated heterocycles. The number of anilines is 1. The van der Waals surface area contributed by atoms with Gasteiger partial charge in [0.05, 0.1) is 34.5 Å². The summed E-state index contributed by atoms with van der Waals surface area (Å²) in [6.45, 7) is 17.5. The van der Waals surface area contributed by atoms with Crippen LogP contribution in [0.25, 0.3) is 33.1 Å². The molecule has 9 rings (SSSR count). The van der Waals surface area contributed by atoms with E-state index in [4.69, 9.17) is 34.0 Å².